The fraction of sp³-hybridized carbons (Fsp3) is 0.458. The van der Waals surface area contributed by atoms with Crippen molar-refractivity contribution in [2.45, 2.75) is 62.7 Å². The molecular weight excluding hydrogens is 470 g/mol. The molecule has 0 saturated heterocycles. The second kappa shape index (κ2) is 9.50. The van der Waals surface area contributed by atoms with Crippen molar-refractivity contribution in [3.05, 3.63) is 40.5 Å². The number of benzene rings is 1. The van der Waals surface area contributed by atoms with Gasteiger partial charge < -0.3 is 15.0 Å². The predicted octanol–water partition coefficient (Wildman–Crippen LogP) is 4.80. The van der Waals surface area contributed by atoms with Crippen LogP contribution in [0.4, 0.5) is 16.3 Å². The number of thiazole rings is 1. The third-order valence-electron chi connectivity index (χ3n) is 5.83. The Morgan fingerprint density at radius 3 is 2.76 bits per heavy atom. The van der Waals surface area contributed by atoms with Crippen LogP contribution in [-0.4, -0.2) is 54.8 Å². The molecule has 1 atom stereocenters. The Morgan fingerprint density at radius 2 is 2.06 bits per heavy atom. The number of H-pyrrole nitrogens is 1. The van der Waals surface area contributed by atoms with E-state index in [-0.39, 0.29) is 17.4 Å². The van der Waals surface area contributed by atoms with Crippen LogP contribution in [0.1, 0.15) is 43.0 Å². The van der Waals surface area contributed by atoms with E-state index in [1.54, 1.807) is 16.2 Å². The molecule has 10 heteroatoms. The zero-order chi connectivity index (χ0) is 23.8. The molecule has 3 aromatic rings. The maximum atomic E-state index is 13.3. The summed E-state index contributed by atoms with van der Waals surface area (Å²) in [5, 5.41) is 11.6. The molecule has 1 aliphatic carbocycles. The molecule has 2 aromatic heterocycles. The average molecular weight is 500 g/mol. The Labute approximate surface area is 205 Å². The van der Waals surface area contributed by atoms with Crippen LogP contribution in [0.2, 0.25) is 0 Å². The number of ether oxygens (including phenoxy) is 1. The molecule has 5 rings (SSSR count). The molecule has 0 radical (unpaired) electrons. The molecule has 0 bridgehead atoms. The fourth-order valence-electron chi connectivity index (χ4n) is 3.97. The second-order valence-corrected chi connectivity index (χ2v) is 11.9. The molecule has 1 unspecified atom stereocenters. The number of aromatic amines is 1. The highest BCUT2D eigenvalue weighted by atomic mass is 32.2. The Hall–Kier alpha value is -2.72. The normalized spacial score (nSPS) is 16.8. The summed E-state index contributed by atoms with van der Waals surface area (Å²) in [6, 6.07) is 7.92. The maximum Gasteiger partial charge on any atom is 0.410 e. The van der Waals surface area contributed by atoms with Crippen LogP contribution in [0.25, 0.3) is 10.6 Å². The zero-order valence-electron chi connectivity index (χ0n) is 19.6. The van der Waals surface area contributed by atoms with Gasteiger partial charge in [-0.1, -0.05) is 0 Å². The van der Waals surface area contributed by atoms with Crippen molar-refractivity contribution in [2.75, 3.05) is 18.4 Å². The van der Waals surface area contributed by atoms with Gasteiger partial charge in [0.2, 0.25) is 0 Å². The van der Waals surface area contributed by atoms with Gasteiger partial charge in [0.15, 0.2) is 5.82 Å². The van der Waals surface area contributed by atoms with E-state index in [0.717, 1.165) is 57.6 Å². The number of hydrogen-bond donors (Lipinski definition) is 2. The van der Waals surface area contributed by atoms with Crippen LogP contribution in [0.15, 0.2) is 29.2 Å². The first-order valence-electron chi connectivity index (χ1n) is 11.7. The monoisotopic (exact) mass is 499 g/mol. The van der Waals surface area contributed by atoms with Gasteiger partial charge in [0.05, 0.1) is 27.5 Å². The molecule has 1 saturated carbocycles. The Kier molecular flexibility index (Phi) is 6.44. The highest BCUT2D eigenvalue weighted by Crippen LogP contribution is 2.39. The molecule has 180 valence electrons. The molecule has 1 aliphatic heterocycles. The summed E-state index contributed by atoms with van der Waals surface area (Å²) in [6.45, 7) is 6.88. The van der Waals surface area contributed by atoms with E-state index in [0.29, 0.717) is 19.5 Å². The van der Waals surface area contributed by atoms with Crippen molar-refractivity contribution in [3.63, 3.8) is 0 Å². The molecular formula is C24H29N5O3S2. The van der Waals surface area contributed by atoms with E-state index in [1.807, 2.05) is 45.0 Å². The predicted molar refractivity (Wildman–Crippen MR) is 134 cm³/mol. The maximum absolute atomic E-state index is 13.3. The number of nitrogens with zero attached hydrogens (tertiary/aromatic N) is 3. The van der Waals surface area contributed by atoms with Crippen LogP contribution in [-0.2, 0) is 28.4 Å². The number of aromatic nitrogens is 3. The highest BCUT2D eigenvalue weighted by molar-refractivity contribution is 7.86. The summed E-state index contributed by atoms with van der Waals surface area (Å²) < 4.78 is 18.7. The summed E-state index contributed by atoms with van der Waals surface area (Å²) in [5.74, 6) is 0.731. The lowest BCUT2D eigenvalue weighted by Gasteiger charge is -2.21. The first kappa shape index (κ1) is 23.0. The standard InChI is InChI=1S/C24H29N5O3S2/c1-14(2)32-24(30)29-10-8-19-20(9-11-29)33-23(26-19)18-7-4-16(25-22-12-15(3)27-28-22)13-21(18)34(31)17-5-6-17/h4,7,12-14,17H,5-6,8-11H2,1-3H3,(H2,25,27,28). The van der Waals surface area contributed by atoms with E-state index in [4.69, 9.17) is 9.72 Å². The second-order valence-electron chi connectivity index (χ2n) is 9.08. The van der Waals surface area contributed by atoms with E-state index in [2.05, 4.69) is 15.5 Å². The smallest absolute Gasteiger partial charge is 0.410 e. The summed E-state index contributed by atoms with van der Waals surface area (Å²) in [5.41, 5.74) is 3.79. The molecule has 1 amide bonds. The van der Waals surface area contributed by atoms with Gasteiger partial charge in [-0.15, -0.1) is 11.3 Å². The van der Waals surface area contributed by atoms with E-state index < -0.39 is 10.8 Å². The molecule has 3 heterocycles. The number of hydrogen-bond acceptors (Lipinski definition) is 7. The lowest BCUT2D eigenvalue weighted by molar-refractivity contribution is 0.0781. The number of nitrogens with one attached hydrogen (secondary N) is 2. The van der Waals surface area contributed by atoms with Crippen LogP contribution in [0.3, 0.4) is 0 Å². The quantitative estimate of drug-likeness (QED) is 0.505. The highest BCUT2D eigenvalue weighted by Gasteiger charge is 2.32. The molecule has 34 heavy (non-hydrogen) atoms. The summed E-state index contributed by atoms with van der Waals surface area (Å²) in [6.07, 6.45) is 3.05. The number of rotatable bonds is 6. The van der Waals surface area contributed by atoms with Gasteiger partial charge in [0, 0.05) is 59.1 Å². The molecule has 2 N–H and O–H groups in total. The topological polar surface area (TPSA) is 100 Å². The number of aryl methyl sites for hydroxylation is 1. The van der Waals surface area contributed by atoms with Crippen molar-refractivity contribution in [3.8, 4) is 10.6 Å². The van der Waals surface area contributed by atoms with Crippen molar-refractivity contribution < 1.29 is 13.7 Å². The fourth-order valence-corrected chi connectivity index (χ4v) is 6.72. The molecule has 2 aliphatic rings. The van der Waals surface area contributed by atoms with Gasteiger partial charge in [-0.3, -0.25) is 9.31 Å². The minimum Gasteiger partial charge on any atom is -0.447 e. The lowest BCUT2D eigenvalue weighted by atomic mass is 10.2. The average Bonchev–Trinajstić information content (AvgIpc) is 3.51. The number of fused-ring (bicyclic) bond motifs is 1. The van der Waals surface area contributed by atoms with Crippen LogP contribution < -0.4 is 5.32 Å². The SMILES string of the molecule is Cc1cc(Nc2ccc(-c3nc4c(s3)CCN(C(=O)OC(C)C)CC4)c(S(=O)C3CC3)c2)n[nH]1. The van der Waals surface area contributed by atoms with Gasteiger partial charge in [-0.25, -0.2) is 9.78 Å². The number of carbonyl (C=O) groups excluding carboxylic acids is 1. The van der Waals surface area contributed by atoms with Crippen molar-refractivity contribution in [2.24, 2.45) is 0 Å². The molecule has 1 fully saturated rings. The van der Waals surface area contributed by atoms with Gasteiger partial charge in [0.25, 0.3) is 0 Å². The first-order chi connectivity index (χ1) is 16.4. The van der Waals surface area contributed by atoms with E-state index in [1.165, 1.54) is 4.88 Å². The van der Waals surface area contributed by atoms with Gasteiger partial charge in [-0.2, -0.15) is 5.10 Å². The Bertz CT molecular complexity index is 1210. The number of amides is 1. The number of carbonyl (C=O) groups is 1. The van der Waals surface area contributed by atoms with Crippen molar-refractivity contribution >= 4 is 39.7 Å². The summed E-state index contributed by atoms with van der Waals surface area (Å²) in [4.78, 5) is 21.0. The van der Waals surface area contributed by atoms with E-state index >= 15 is 0 Å². The lowest BCUT2D eigenvalue weighted by Crippen LogP contribution is -2.35. The first-order valence-corrected chi connectivity index (χ1v) is 13.7. The summed E-state index contributed by atoms with van der Waals surface area (Å²) in [7, 11) is -1.08. The van der Waals surface area contributed by atoms with Crippen LogP contribution in [0.5, 0.6) is 0 Å². The minimum atomic E-state index is -1.08. The Balaban J connectivity index is 1.40. The van der Waals surface area contributed by atoms with Crippen LogP contribution >= 0.6 is 11.3 Å². The largest absolute Gasteiger partial charge is 0.447 e. The molecule has 8 nitrogen and oxygen atoms in total. The van der Waals surface area contributed by atoms with Gasteiger partial charge in [-0.05, 0) is 51.8 Å². The summed E-state index contributed by atoms with van der Waals surface area (Å²) >= 11 is 1.64. The molecule has 1 aromatic carbocycles. The third-order valence-corrected chi connectivity index (χ3v) is 8.87. The zero-order valence-corrected chi connectivity index (χ0v) is 21.2. The molecule has 0 spiro atoms. The Morgan fingerprint density at radius 1 is 1.26 bits per heavy atom. The minimum absolute atomic E-state index is 0.130. The van der Waals surface area contributed by atoms with Gasteiger partial charge in [0.1, 0.15) is 5.01 Å². The van der Waals surface area contributed by atoms with Gasteiger partial charge >= 0.3 is 6.09 Å². The van der Waals surface area contributed by atoms with Crippen molar-refractivity contribution in [1.29, 1.82) is 0 Å². The third kappa shape index (κ3) is 5.02. The van der Waals surface area contributed by atoms with Crippen molar-refractivity contribution in [1.82, 2.24) is 20.1 Å². The van der Waals surface area contributed by atoms with E-state index in [9.17, 15) is 9.00 Å². The number of anilines is 2. The van der Waals surface area contributed by atoms with Crippen LogP contribution in [0, 0.1) is 6.92 Å².